The molecule has 1 aromatic carbocycles. The molecule has 2 N–H and O–H groups in total. The number of halogens is 1. The summed E-state index contributed by atoms with van der Waals surface area (Å²) in [5.74, 6) is -0.313. The molecule has 0 aliphatic heterocycles. The van der Waals surface area contributed by atoms with Crippen LogP contribution >= 0.6 is 0 Å². The average Bonchev–Trinajstić information content (AvgIpc) is 2.75. The summed E-state index contributed by atoms with van der Waals surface area (Å²) < 4.78 is 16.9. The quantitative estimate of drug-likeness (QED) is 0.892. The zero-order valence-corrected chi connectivity index (χ0v) is 11.0. The number of nitrogens with zero attached hydrogens (tertiary/aromatic N) is 2. The van der Waals surface area contributed by atoms with Crippen molar-refractivity contribution in [2.24, 2.45) is 5.73 Å². The van der Waals surface area contributed by atoms with Gasteiger partial charge in [0.15, 0.2) is 0 Å². The van der Waals surface area contributed by atoms with Crippen molar-refractivity contribution in [2.75, 3.05) is 0 Å². The van der Waals surface area contributed by atoms with Crippen molar-refractivity contribution < 1.29 is 4.39 Å². The van der Waals surface area contributed by atoms with Gasteiger partial charge >= 0.3 is 5.69 Å². The fourth-order valence-corrected chi connectivity index (χ4v) is 2.04. The number of aryl methyl sites for hydroxylation is 1. The summed E-state index contributed by atoms with van der Waals surface area (Å²) in [6.45, 7) is 3.28. The highest BCUT2D eigenvalue weighted by Gasteiger charge is 2.07. The summed E-state index contributed by atoms with van der Waals surface area (Å²) in [7, 11) is 0. The summed E-state index contributed by atoms with van der Waals surface area (Å²) in [6, 6.07) is 4.76. The van der Waals surface area contributed by atoms with E-state index in [4.69, 9.17) is 5.73 Å². The van der Waals surface area contributed by atoms with Gasteiger partial charge in [0.05, 0.1) is 6.54 Å². The van der Waals surface area contributed by atoms with Crippen molar-refractivity contribution in [1.82, 2.24) is 9.13 Å². The Morgan fingerprint density at radius 2 is 2.00 bits per heavy atom. The van der Waals surface area contributed by atoms with Crippen LogP contribution < -0.4 is 11.4 Å². The van der Waals surface area contributed by atoms with E-state index in [1.807, 2.05) is 6.92 Å². The lowest BCUT2D eigenvalue weighted by Gasteiger charge is -2.06. The minimum absolute atomic E-state index is 0.112. The Kier molecular flexibility index (Phi) is 4.16. The van der Waals surface area contributed by atoms with Crippen LogP contribution in [0.4, 0.5) is 4.39 Å². The minimum atomic E-state index is -0.313. The van der Waals surface area contributed by atoms with E-state index in [1.54, 1.807) is 29.1 Å². The molecule has 2 rings (SSSR count). The minimum Gasteiger partial charge on any atom is -0.326 e. The van der Waals surface area contributed by atoms with Crippen molar-refractivity contribution in [1.29, 1.82) is 0 Å². The molecule has 0 spiro atoms. The highest BCUT2D eigenvalue weighted by molar-refractivity contribution is 5.25. The van der Waals surface area contributed by atoms with E-state index in [1.165, 1.54) is 10.6 Å². The monoisotopic (exact) mass is 263 g/mol. The molecule has 5 heteroatoms. The number of hydrogen-bond donors (Lipinski definition) is 1. The largest absolute Gasteiger partial charge is 0.328 e. The number of imidazole rings is 1. The molecule has 4 nitrogen and oxygen atoms in total. The Hall–Kier alpha value is -1.88. The Morgan fingerprint density at radius 3 is 2.68 bits per heavy atom. The molecule has 0 fully saturated rings. The molecule has 19 heavy (non-hydrogen) atoms. The normalized spacial score (nSPS) is 10.9. The Bertz CT molecular complexity index is 615. The van der Waals surface area contributed by atoms with Crippen LogP contribution in [-0.2, 0) is 19.6 Å². The van der Waals surface area contributed by atoms with Crippen LogP contribution in [-0.4, -0.2) is 9.13 Å². The number of hydrogen-bond acceptors (Lipinski definition) is 2. The number of benzene rings is 1. The van der Waals surface area contributed by atoms with Crippen molar-refractivity contribution in [2.45, 2.75) is 33.0 Å². The predicted octanol–water partition coefficient (Wildman–Crippen LogP) is 1.71. The standard InChI is InChI=1S/C14H18FN3O/c1-2-5-17-6-7-18(14(17)19)10-12-8-11(9-16)3-4-13(12)15/h3-4,6-8H,2,5,9-10,16H2,1H3. The lowest BCUT2D eigenvalue weighted by atomic mass is 10.1. The summed E-state index contributed by atoms with van der Waals surface area (Å²) in [4.78, 5) is 12.0. The molecular weight excluding hydrogens is 245 g/mol. The van der Waals surface area contributed by atoms with Crippen LogP contribution in [0, 0.1) is 5.82 Å². The molecule has 1 heterocycles. The molecule has 0 saturated heterocycles. The molecule has 0 aliphatic carbocycles. The highest BCUT2D eigenvalue weighted by Crippen LogP contribution is 2.11. The molecule has 0 bridgehead atoms. The molecular formula is C14H18FN3O. The zero-order chi connectivity index (χ0) is 13.8. The van der Waals surface area contributed by atoms with E-state index >= 15 is 0 Å². The highest BCUT2D eigenvalue weighted by atomic mass is 19.1. The zero-order valence-electron chi connectivity index (χ0n) is 11.0. The molecule has 1 aromatic heterocycles. The van der Waals surface area contributed by atoms with Gasteiger partial charge in [0.25, 0.3) is 0 Å². The molecule has 0 unspecified atom stereocenters. The number of nitrogens with two attached hydrogens (primary N) is 1. The Labute approximate surface area is 111 Å². The van der Waals surface area contributed by atoms with Crippen molar-refractivity contribution in [3.05, 3.63) is 58.0 Å². The van der Waals surface area contributed by atoms with Crippen LogP contribution in [0.25, 0.3) is 0 Å². The van der Waals surface area contributed by atoms with Gasteiger partial charge in [0.1, 0.15) is 5.82 Å². The summed E-state index contributed by atoms with van der Waals surface area (Å²) in [6.07, 6.45) is 4.31. The maximum absolute atomic E-state index is 13.7. The van der Waals surface area contributed by atoms with Gasteiger partial charge in [-0.1, -0.05) is 13.0 Å². The number of aromatic nitrogens is 2. The van der Waals surface area contributed by atoms with Gasteiger partial charge in [-0.05, 0) is 24.1 Å². The second-order valence-electron chi connectivity index (χ2n) is 4.53. The van der Waals surface area contributed by atoms with Crippen molar-refractivity contribution in [3.8, 4) is 0 Å². The third kappa shape index (κ3) is 2.93. The molecule has 0 aliphatic rings. The lowest BCUT2D eigenvalue weighted by Crippen LogP contribution is -2.24. The number of rotatable bonds is 5. The average molecular weight is 263 g/mol. The topological polar surface area (TPSA) is 52.9 Å². The first-order valence-electron chi connectivity index (χ1n) is 6.38. The Morgan fingerprint density at radius 1 is 1.26 bits per heavy atom. The van der Waals surface area contributed by atoms with E-state index in [2.05, 4.69) is 0 Å². The van der Waals surface area contributed by atoms with Gasteiger partial charge in [0.2, 0.25) is 0 Å². The Balaban J connectivity index is 2.28. The first-order chi connectivity index (χ1) is 9.15. The van der Waals surface area contributed by atoms with Crippen LogP contribution in [0.15, 0.2) is 35.4 Å². The van der Waals surface area contributed by atoms with Crippen molar-refractivity contribution >= 4 is 0 Å². The van der Waals surface area contributed by atoms with Gasteiger partial charge < -0.3 is 5.73 Å². The van der Waals surface area contributed by atoms with E-state index < -0.39 is 0 Å². The van der Waals surface area contributed by atoms with E-state index in [0.29, 0.717) is 18.7 Å². The lowest BCUT2D eigenvalue weighted by molar-refractivity contribution is 0.584. The first kappa shape index (κ1) is 13.5. The summed E-state index contributed by atoms with van der Waals surface area (Å²) >= 11 is 0. The van der Waals surface area contributed by atoms with E-state index in [-0.39, 0.29) is 18.1 Å². The molecule has 0 amide bonds. The van der Waals surface area contributed by atoms with Gasteiger partial charge in [-0.15, -0.1) is 0 Å². The summed E-state index contributed by atoms with van der Waals surface area (Å²) in [5.41, 5.74) is 6.77. The maximum atomic E-state index is 13.7. The third-order valence-corrected chi connectivity index (χ3v) is 3.07. The second kappa shape index (κ2) is 5.84. The van der Waals surface area contributed by atoms with Crippen LogP contribution in [0.5, 0.6) is 0 Å². The van der Waals surface area contributed by atoms with Gasteiger partial charge in [-0.25, -0.2) is 9.18 Å². The predicted molar refractivity (Wildman–Crippen MR) is 72.4 cm³/mol. The van der Waals surface area contributed by atoms with Crippen LogP contribution in [0.1, 0.15) is 24.5 Å². The van der Waals surface area contributed by atoms with Gasteiger partial charge in [0, 0.05) is 31.0 Å². The van der Waals surface area contributed by atoms with Crippen LogP contribution in [0.3, 0.4) is 0 Å². The smallest absolute Gasteiger partial charge is 0.326 e. The molecule has 102 valence electrons. The summed E-state index contributed by atoms with van der Waals surface area (Å²) in [5, 5.41) is 0. The molecule has 0 radical (unpaired) electrons. The molecule has 0 saturated carbocycles. The SMILES string of the molecule is CCCn1ccn(Cc2cc(CN)ccc2F)c1=O. The maximum Gasteiger partial charge on any atom is 0.328 e. The fourth-order valence-electron chi connectivity index (χ4n) is 2.04. The van der Waals surface area contributed by atoms with Gasteiger partial charge in [-0.2, -0.15) is 0 Å². The third-order valence-electron chi connectivity index (χ3n) is 3.07. The molecule has 0 atom stereocenters. The van der Waals surface area contributed by atoms with Crippen LogP contribution in [0.2, 0.25) is 0 Å². The second-order valence-corrected chi connectivity index (χ2v) is 4.53. The van der Waals surface area contributed by atoms with Crippen molar-refractivity contribution in [3.63, 3.8) is 0 Å². The van der Waals surface area contributed by atoms with E-state index in [9.17, 15) is 9.18 Å². The van der Waals surface area contributed by atoms with Gasteiger partial charge in [-0.3, -0.25) is 9.13 Å². The fraction of sp³-hybridized carbons (Fsp3) is 0.357. The first-order valence-corrected chi connectivity index (χ1v) is 6.38. The molecule has 2 aromatic rings. The van der Waals surface area contributed by atoms with E-state index in [0.717, 1.165) is 12.0 Å².